The number of esters is 1. The maximum Gasteiger partial charge on any atom is 0.306 e. The zero-order valence-corrected chi connectivity index (χ0v) is 11.0. The van der Waals surface area contributed by atoms with Gasteiger partial charge in [0, 0.05) is 38.8 Å². The molecule has 17 heavy (non-hydrogen) atoms. The summed E-state index contributed by atoms with van der Waals surface area (Å²) in [5, 5.41) is 0. The zero-order chi connectivity index (χ0) is 12.7. The van der Waals surface area contributed by atoms with E-state index in [0.717, 1.165) is 45.7 Å². The highest BCUT2D eigenvalue weighted by Crippen LogP contribution is 2.08. The van der Waals surface area contributed by atoms with Gasteiger partial charge in [-0.15, -0.1) is 0 Å². The number of rotatable bonds is 6. The van der Waals surface area contributed by atoms with Crippen molar-refractivity contribution in [1.29, 1.82) is 0 Å². The Morgan fingerprint density at radius 3 is 2.53 bits per heavy atom. The van der Waals surface area contributed by atoms with Crippen LogP contribution in [0.4, 0.5) is 0 Å². The minimum absolute atomic E-state index is 0.121. The van der Waals surface area contributed by atoms with Crippen LogP contribution in [0.2, 0.25) is 0 Å². The molecule has 1 saturated heterocycles. The van der Waals surface area contributed by atoms with Gasteiger partial charge in [-0.05, 0) is 19.9 Å². The number of carbonyl (C=O) groups excluding carboxylic acids is 1. The summed E-state index contributed by atoms with van der Waals surface area (Å²) in [4.78, 5) is 15.8. The van der Waals surface area contributed by atoms with Gasteiger partial charge < -0.3 is 15.4 Å². The van der Waals surface area contributed by atoms with Gasteiger partial charge in [0.15, 0.2) is 0 Å². The molecular formula is C12H25N3O2. The van der Waals surface area contributed by atoms with Crippen LogP contribution in [-0.2, 0) is 9.53 Å². The maximum atomic E-state index is 11.0. The number of hydrogen-bond donors (Lipinski definition) is 1. The summed E-state index contributed by atoms with van der Waals surface area (Å²) in [7, 11) is 1.44. The molecule has 2 N–H and O–H groups in total. The first-order valence-corrected chi connectivity index (χ1v) is 6.40. The van der Waals surface area contributed by atoms with Crippen LogP contribution < -0.4 is 5.73 Å². The number of hydrogen-bond acceptors (Lipinski definition) is 5. The smallest absolute Gasteiger partial charge is 0.306 e. The number of methoxy groups -OCH3 is 1. The standard InChI is InChI=1S/C12H25N3O2/c1-11(3-5-13)15-9-7-14(8-10-15)6-4-12(16)17-2/h11H,3-10,13H2,1-2H3. The Balaban J connectivity index is 2.19. The highest BCUT2D eigenvalue weighted by atomic mass is 16.5. The molecule has 0 aromatic carbocycles. The average molecular weight is 243 g/mol. The monoisotopic (exact) mass is 243 g/mol. The van der Waals surface area contributed by atoms with Crippen molar-refractivity contribution in [1.82, 2.24) is 9.80 Å². The largest absolute Gasteiger partial charge is 0.469 e. The van der Waals surface area contributed by atoms with Crippen molar-refractivity contribution in [2.24, 2.45) is 5.73 Å². The third-order valence-corrected chi connectivity index (χ3v) is 3.47. The molecule has 5 nitrogen and oxygen atoms in total. The van der Waals surface area contributed by atoms with E-state index in [9.17, 15) is 4.79 Å². The van der Waals surface area contributed by atoms with Crippen LogP contribution in [-0.4, -0.2) is 68.2 Å². The molecule has 1 fully saturated rings. The predicted molar refractivity (Wildman–Crippen MR) is 67.8 cm³/mol. The van der Waals surface area contributed by atoms with Gasteiger partial charge >= 0.3 is 5.97 Å². The third kappa shape index (κ3) is 5.02. The fourth-order valence-electron chi connectivity index (χ4n) is 2.20. The van der Waals surface area contributed by atoms with E-state index < -0.39 is 0 Å². The topological polar surface area (TPSA) is 58.8 Å². The zero-order valence-electron chi connectivity index (χ0n) is 11.0. The average Bonchev–Trinajstić information content (AvgIpc) is 2.36. The first-order chi connectivity index (χ1) is 8.17. The quantitative estimate of drug-likeness (QED) is 0.660. The Morgan fingerprint density at radius 1 is 1.35 bits per heavy atom. The third-order valence-electron chi connectivity index (χ3n) is 3.47. The second kappa shape index (κ2) is 7.63. The Morgan fingerprint density at radius 2 is 2.00 bits per heavy atom. The SMILES string of the molecule is COC(=O)CCN1CCN(C(C)CCN)CC1. The minimum atomic E-state index is -0.121. The summed E-state index contributed by atoms with van der Waals surface area (Å²) in [5.74, 6) is -0.121. The lowest BCUT2D eigenvalue weighted by Gasteiger charge is -2.37. The molecule has 1 unspecified atom stereocenters. The van der Waals surface area contributed by atoms with Gasteiger partial charge in [0.2, 0.25) is 0 Å². The number of ether oxygens (including phenoxy) is 1. The van der Waals surface area contributed by atoms with Gasteiger partial charge in [-0.3, -0.25) is 9.69 Å². The Kier molecular flexibility index (Phi) is 6.47. The van der Waals surface area contributed by atoms with E-state index in [1.165, 1.54) is 7.11 Å². The van der Waals surface area contributed by atoms with Crippen LogP contribution in [0.5, 0.6) is 0 Å². The summed E-state index contributed by atoms with van der Waals surface area (Å²) in [6, 6.07) is 0.572. The van der Waals surface area contributed by atoms with Gasteiger partial charge in [-0.1, -0.05) is 0 Å². The summed E-state index contributed by atoms with van der Waals surface area (Å²) in [6.07, 6.45) is 1.55. The Bertz CT molecular complexity index is 228. The number of carbonyl (C=O) groups is 1. The molecule has 0 aromatic rings. The Labute approximate surface area is 104 Å². The van der Waals surface area contributed by atoms with Crippen LogP contribution in [0.3, 0.4) is 0 Å². The fraction of sp³-hybridized carbons (Fsp3) is 0.917. The highest BCUT2D eigenvalue weighted by molar-refractivity contribution is 5.69. The number of nitrogens with zero attached hydrogens (tertiary/aromatic N) is 2. The van der Waals surface area contributed by atoms with E-state index in [1.54, 1.807) is 0 Å². The van der Waals surface area contributed by atoms with Gasteiger partial charge in [-0.25, -0.2) is 0 Å². The second-order valence-electron chi connectivity index (χ2n) is 4.63. The van der Waals surface area contributed by atoms with Crippen molar-refractivity contribution in [2.45, 2.75) is 25.8 Å². The van der Waals surface area contributed by atoms with Crippen molar-refractivity contribution in [2.75, 3.05) is 46.4 Å². The van der Waals surface area contributed by atoms with E-state index >= 15 is 0 Å². The summed E-state index contributed by atoms with van der Waals surface area (Å²) >= 11 is 0. The summed E-state index contributed by atoms with van der Waals surface area (Å²) < 4.78 is 4.64. The van der Waals surface area contributed by atoms with Crippen molar-refractivity contribution in [3.8, 4) is 0 Å². The Hall–Kier alpha value is -0.650. The maximum absolute atomic E-state index is 11.0. The van der Waals surface area contributed by atoms with E-state index in [0.29, 0.717) is 12.5 Å². The fourth-order valence-corrected chi connectivity index (χ4v) is 2.20. The van der Waals surface area contributed by atoms with Crippen LogP contribution in [0, 0.1) is 0 Å². The van der Waals surface area contributed by atoms with Gasteiger partial charge in [0.05, 0.1) is 13.5 Å². The molecule has 0 aliphatic carbocycles. The molecule has 1 aliphatic rings. The molecule has 0 aromatic heterocycles. The minimum Gasteiger partial charge on any atom is -0.469 e. The molecular weight excluding hydrogens is 218 g/mol. The van der Waals surface area contributed by atoms with E-state index in [4.69, 9.17) is 5.73 Å². The molecule has 1 rings (SSSR count). The normalized spacial score (nSPS) is 20.2. The first-order valence-electron chi connectivity index (χ1n) is 6.40. The number of piperazine rings is 1. The van der Waals surface area contributed by atoms with Crippen molar-refractivity contribution in [3.63, 3.8) is 0 Å². The van der Waals surface area contributed by atoms with Crippen molar-refractivity contribution >= 4 is 5.97 Å². The van der Waals surface area contributed by atoms with E-state index in [2.05, 4.69) is 21.5 Å². The first kappa shape index (κ1) is 14.4. The molecule has 0 bridgehead atoms. The molecule has 5 heteroatoms. The van der Waals surface area contributed by atoms with Crippen molar-refractivity contribution < 1.29 is 9.53 Å². The molecule has 0 spiro atoms. The lowest BCUT2D eigenvalue weighted by molar-refractivity contribution is -0.141. The molecule has 0 amide bonds. The molecule has 0 radical (unpaired) electrons. The van der Waals surface area contributed by atoms with Crippen LogP contribution in [0.15, 0.2) is 0 Å². The summed E-state index contributed by atoms with van der Waals surface area (Å²) in [5.41, 5.74) is 5.57. The lowest BCUT2D eigenvalue weighted by atomic mass is 10.1. The van der Waals surface area contributed by atoms with Crippen molar-refractivity contribution in [3.05, 3.63) is 0 Å². The molecule has 1 aliphatic heterocycles. The highest BCUT2D eigenvalue weighted by Gasteiger charge is 2.20. The van der Waals surface area contributed by atoms with Crippen LogP contribution >= 0.6 is 0 Å². The van der Waals surface area contributed by atoms with E-state index in [-0.39, 0.29) is 5.97 Å². The predicted octanol–water partition coefficient (Wildman–Crippen LogP) is -0.0956. The molecule has 100 valence electrons. The molecule has 0 saturated carbocycles. The van der Waals surface area contributed by atoms with E-state index in [1.807, 2.05) is 0 Å². The second-order valence-corrected chi connectivity index (χ2v) is 4.63. The molecule has 1 heterocycles. The van der Waals surface area contributed by atoms with Crippen LogP contribution in [0.1, 0.15) is 19.8 Å². The van der Waals surface area contributed by atoms with Crippen LogP contribution in [0.25, 0.3) is 0 Å². The lowest BCUT2D eigenvalue weighted by Crippen LogP contribution is -2.50. The van der Waals surface area contributed by atoms with Gasteiger partial charge in [-0.2, -0.15) is 0 Å². The van der Waals surface area contributed by atoms with Gasteiger partial charge in [0.1, 0.15) is 0 Å². The van der Waals surface area contributed by atoms with Gasteiger partial charge in [0.25, 0.3) is 0 Å². The summed E-state index contributed by atoms with van der Waals surface area (Å²) in [6.45, 7) is 8.01. The number of nitrogens with two attached hydrogens (primary N) is 1. The molecule has 1 atom stereocenters.